The zero-order valence-electron chi connectivity index (χ0n) is 22.0. The minimum atomic E-state index is -0.320. The second kappa shape index (κ2) is 10.1. The van der Waals surface area contributed by atoms with Crippen molar-refractivity contribution in [3.8, 4) is 5.69 Å². The van der Waals surface area contributed by atoms with Gasteiger partial charge in [-0.15, -0.1) is 5.10 Å². The molecule has 2 aliphatic heterocycles. The highest BCUT2D eigenvalue weighted by Gasteiger charge is 2.36. The first kappa shape index (κ1) is 24.4. The summed E-state index contributed by atoms with van der Waals surface area (Å²) in [5.74, 6) is 0.552. The van der Waals surface area contributed by atoms with Crippen molar-refractivity contribution >= 4 is 17.4 Å². The van der Waals surface area contributed by atoms with Crippen molar-refractivity contribution in [3.05, 3.63) is 76.5 Å². The lowest BCUT2D eigenvalue weighted by molar-refractivity contribution is 0.0937. The SMILES string of the molecule is Cc1c(C(=O)N[C@H]2C[C@H](CN3CCCCC3)N(c3ccc4nccn4n3)C2)c(=O)n(-c2ccccc2)n1C. The number of hydrogen-bond acceptors (Lipinski definition) is 6. The van der Waals surface area contributed by atoms with Crippen LogP contribution in [0.3, 0.4) is 0 Å². The van der Waals surface area contributed by atoms with Crippen LogP contribution < -0.4 is 15.8 Å². The van der Waals surface area contributed by atoms with E-state index in [1.54, 1.807) is 20.1 Å². The van der Waals surface area contributed by atoms with Gasteiger partial charge in [-0.25, -0.2) is 14.2 Å². The Bertz CT molecular complexity index is 1500. The maximum Gasteiger partial charge on any atom is 0.284 e. The number of nitrogens with one attached hydrogen (secondary N) is 1. The standard InChI is InChI=1S/C28H34N8O2/c1-20-26(28(38)36(32(20)2)22-9-5-3-6-10-22)27(37)30-21-17-23(19-33-14-7-4-8-15-33)34(18-21)25-12-11-24-29-13-16-35(24)31-25/h3,5-6,9-13,16,21,23H,4,7-8,14-15,17-19H2,1-2H3,(H,30,37)/t21-,23+/m0/s1. The highest BCUT2D eigenvalue weighted by molar-refractivity contribution is 5.95. The van der Waals surface area contributed by atoms with Crippen LogP contribution in [0.4, 0.5) is 5.82 Å². The number of carbonyl (C=O) groups is 1. The second-order valence-electron chi connectivity index (χ2n) is 10.4. The van der Waals surface area contributed by atoms with E-state index in [1.165, 1.54) is 19.3 Å². The smallest absolute Gasteiger partial charge is 0.284 e. The molecule has 1 amide bonds. The molecule has 10 heteroatoms. The molecule has 1 N–H and O–H groups in total. The fourth-order valence-corrected chi connectivity index (χ4v) is 5.96. The summed E-state index contributed by atoms with van der Waals surface area (Å²) in [7, 11) is 1.81. The van der Waals surface area contributed by atoms with Gasteiger partial charge in [-0.05, 0) is 63.5 Å². The molecule has 0 unspecified atom stereocenters. The Hall–Kier alpha value is -3.92. The zero-order chi connectivity index (χ0) is 26.2. The molecule has 0 bridgehead atoms. The summed E-state index contributed by atoms with van der Waals surface area (Å²) in [5, 5.41) is 8.00. The van der Waals surface area contributed by atoms with Gasteiger partial charge >= 0.3 is 0 Å². The summed E-state index contributed by atoms with van der Waals surface area (Å²) in [6.45, 7) is 5.60. The molecule has 0 aliphatic carbocycles. The van der Waals surface area contributed by atoms with Crippen molar-refractivity contribution in [3.63, 3.8) is 0 Å². The first-order valence-corrected chi connectivity index (χ1v) is 13.4. The quantitative estimate of drug-likeness (QED) is 0.425. The van der Waals surface area contributed by atoms with Gasteiger partial charge in [0.2, 0.25) is 0 Å². The predicted octanol–water partition coefficient (Wildman–Crippen LogP) is 2.39. The van der Waals surface area contributed by atoms with E-state index in [0.717, 1.165) is 43.2 Å². The molecule has 10 nitrogen and oxygen atoms in total. The number of piperidine rings is 1. The fourth-order valence-electron chi connectivity index (χ4n) is 5.96. The summed E-state index contributed by atoms with van der Waals surface area (Å²) in [6, 6.07) is 13.5. The number of nitrogens with zero attached hydrogens (tertiary/aromatic N) is 7. The Balaban J connectivity index is 1.25. The molecule has 1 aromatic carbocycles. The van der Waals surface area contributed by atoms with Crippen LogP contribution in [0, 0.1) is 6.92 Å². The summed E-state index contributed by atoms with van der Waals surface area (Å²) >= 11 is 0. The summed E-state index contributed by atoms with van der Waals surface area (Å²) in [4.78, 5) is 36.1. The molecule has 38 heavy (non-hydrogen) atoms. The topological polar surface area (TPSA) is 92.7 Å². The van der Waals surface area contributed by atoms with Crippen LogP contribution >= 0.6 is 0 Å². The van der Waals surface area contributed by atoms with E-state index in [4.69, 9.17) is 5.10 Å². The first-order valence-electron chi connectivity index (χ1n) is 13.4. The van der Waals surface area contributed by atoms with Crippen molar-refractivity contribution in [1.29, 1.82) is 0 Å². The number of rotatable bonds is 6. The molecule has 2 fully saturated rings. The first-order chi connectivity index (χ1) is 18.5. The van der Waals surface area contributed by atoms with Gasteiger partial charge in [-0.2, -0.15) is 0 Å². The van der Waals surface area contributed by atoms with Gasteiger partial charge in [-0.1, -0.05) is 24.6 Å². The van der Waals surface area contributed by atoms with E-state index in [9.17, 15) is 9.59 Å². The number of amides is 1. The van der Waals surface area contributed by atoms with E-state index in [-0.39, 0.29) is 29.1 Å². The Morgan fingerprint density at radius 3 is 2.66 bits per heavy atom. The van der Waals surface area contributed by atoms with Gasteiger partial charge in [0.1, 0.15) is 11.4 Å². The third kappa shape index (κ3) is 4.49. The number of likely N-dealkylation sites (tertiary alicyclic amines) is 1. The maximum absolute atomic E-state index is 13.5. The van der Waals surface area contributed by atoms with Crippen LogP contribution in [0.1, 0.15) is 41.7 Å². The molecule has 4 aromatic rings. The van der Waals surface area contributed by atoms with Crippen molar-refractivity contribution in [2.45, 2.75) is 44.7 Å². The second-order valence-corrected chi connectivity index (χ2v) is 10.4. The third-order valence-electron chi connectivity index (χ3n) is 7.98. The molecule has 6 rings (SSSR count). The van der Waals surface area contributed by atoms with Crippen LogP contribution in [-0.4, -0.2) is 73.0 Å². The van der Waals surface area contributed by atoms with Crippen LogP contribution in [0.2, 0.25) is 0 Å². The van der Waals surface area contributed by atoms with Crippen molar-refractivity contribution in [1.82, 2.24) is 34.2 Å². The Kier molecular flexibility index (Phi) is 6.49. The predicted molar refractivity (Wildman–Crippen MR) is 146 cm³/mol. The van der Waals surface area contributed by atoms with Crippen LogP contribution in [0.5, 0.6) is 0 Å². The van der Waals surface area contributed by atoms with Gasteiger partial charge in [0, 0.05) is 44.6 Å². The molecule has 0 saturated carbocycles. The Morgan fingerprint density at radius 1 is 1.08 bits per heavy atom. The minimum absolute atomic E-state index is 0.0956. The van der Waals surface area contributed by atoms with Crippen LogP contribution in [0.15, 0.2) is 59.7 Å². The van der Waals surface area contributed by atoms with E-state index >= 15 is 0 Å². The average Bonchev–Trinajstić information content (AvgIpc) is 3.61. The molecule has 0 spiro atoms. The van der Waals surface area contributed by atoms with Gasteiger partial charge < -0.3 is 15.1 Å². The number of carbonyl (C=O) groups excluding carboxylic acids is 1. The maximum atomic E-state index is 13.5. The summed E-state index contributed by atoms with van der Waals surface area (Å²) in [5.41, 5.74) is 2.07. The molecule has 3 aromatic heterocycles. The highest BCUT2D eigenvalue weighted by atomic mass is 16.2. The number of hydrogen-bond donors (Lipinski definition) is 1. The lowest BCUT2D eigenvalue weighted by atomic mass is 10.1. The number of imidazole rings is 1. The molecule has 2 aliphatic rings. The largest absolute Gasteiger partial charge is 0.349 e. The number of para-hydroxylation sites is 1. The molecular weight excluding hydrogens is 480 g/mol. The summed E-state index contributed by atoms with van der Waals surface area (Å²) in [6.07, 6.45) is 8.14. The highest BCUT2D eigenvalue weighted by Crippen LogP contribution is 2.26. The van der Waals surface area contributed by atoms with E-state index in [2.05, 4.69) is 20.1 Å². The lowest BCUT2D eigenvalue weighted by Gasteiger charge is -2.33. The number of benzene rings is 1. The monoisotopic (exact) mass is 514 g/mol. The zero-order valence-corrected chi connectivity index (χ0v) is 22.0. The molecule has 5 heterocycles. The molecular formula is C28H34N8O2. The van der Waals surface area contributed by atoms with E-state index in [0.29, 0.717) is 12.2 Å². The van der Waals surface area contributed by atoms with Gasteiger partial charge in [0.25, 0.3) is 11.5 Å². The summed E-state index contributed by atoms with van der Waals surface area (Å²) < 4.78 is 5.09. The number of fused-ring (bicyclic) bond motifs is 1. The minimum Gasteiger partial charge on any atom is -0.349 e. The van der Waals surface area contributed by atoms with Gasteiger partial charge in [-0.3, -0.25) is 14.3 Å². The van der Waals surface area contributed by atoms with E-state index in [1.807, 2.05) is 62.6 Å². The van der Waals surface area contributed by atoms with Crippen molar-refractivity contribution in [2.75, 3.05) is 31.1 Å². The van der Waals surface area contributed by atoms with E-state index < -0.39 is 0 Å². The van der Waals surface area contributed by atoms with Gasteiger partial charge in [0.05, 0.1) is 11.4 Å². The molecule has 198 valence electrons. The molecule has 2 atom stereocenters. The van der Waals surface area contributed by atoms with Gasteiger partial charge in [0.15, 0.2) is 5.65 Å². The van der Waals surface area contributed by atoms with Crippen molar-refractivity contribution < 1.29 is 4.79 Å². The third-order valence-corrected chi connectivity index (χ3v) is 7.98. The molecule has 0 radical (unpaired) electrons. The lowest BCUT2D eigenvalue weighted by Crippen LogP contribution is -2.43. The Labute approximate surface area is 221 Å². The molecule has 2 saturated heterocycles. The fraction of sp³-hybridized carbons (Fsp3) is 0.429. The normalized spacial score (nSPS) is 20.3. The average molecular weight is 515 g/mol. The van der Waals surface area contributed by atoms with Crippen LogP contribution in [-0.2, 0) is 7.05 Å². The van der Waals surface area contributed by atoms with Crippen molar-refractivity contribution in [2.24, 2.45) is 7.05 Å². The van der Waals surface area contributed by atoms with Crippen LogP contribution in [0.25, 0.3) is 11.3 Å². The Morgan fingerprint density at radius 2 is 1.87 bits per heavy atom. The number of anilines is 1. The number of aromatic nitrogens is 5.